The molecule has 0 aromatic rings. The quantitative estimate of drug-likeness (QED) is 0.439. The van der Waals surface area contributed by atoms with Gasteiger partial charge in [-0.25, -0.2) is 0 Å². The molecule has 0 fully saturated rings. The maximum absolute atomic E-state index is 3.63. The second-order valence-electron chi connectivity index (χ2n) is 2.30. The average molecular weight is 191 g/mol. The largest absolute Gasteiger partial charge is 0.100 e. The molecule has 0 atom stereocenters. The summed E-state index contributed by atoms with van der Waals surface area (Å²) in [5.41, 5.74) is 2.34. The molecule has 0 rings (SSSR count). The molecule has 0 aromatic carbocycles. The first-order valence-electron chi connectivity index (χ1n) is 2.83. The van der Waals surface area contributed by atoms with Crippen LogP contribution in [0.3, 0.4) is 0 Å². The molecule has 0 aliphatic heterocycles. The van der Waals surface area contributed by atoms with Gasteiger partial charge in [-0.3, -0.25) is 0 Å². The van der Waals surface area contributed by atoms with E-state index in [1.165, 1.54) is 11.1 Å². The Morgan fingerprint density at radius 2 is 1.33 bits per heavy atom. The molecule has 0 heterocycles. The van der Waals surface area contributed by atoms with E-state index in [-0.39, 0.29) is 0 Å². The second-order valence-corrected chi connectivity index (χ2v) is 2.86. The fraction of sp³-hybridized carbons (Fsp3) is 0.500. The van der Waals surface area contributed by atoms with Crippen molar-refractivity contribution in [1.29, 1.82) is 0 Å². The van der Waals surface area contributed by atoms with Gasteiger partial charge in [0.05, 0.1) is 0 Å². The summed E-state index contributed by atoms with van der Waals surface area (Å²) in [5.74, 6) is 0. The zero-order valence-electron chi connectivity index (χ0n) is 6.50. The van der Waals surface area contributed by atoms with Gasteiger partial charge in [-0.2, -0.15) is 0 Å². The first-order chi connectivity index (χ1) is 4.00. The highest BCUT2D eigenvalue weighted by Crippen LogP contribution is 1.89. The van der Waals surface area contributed by atoms with Crippen molar-refractivity contribution in [1.82, 2.24) is 0 Å². The van der Waals surface area contributed by atoms with Gasteiger partial charge in [-0.15, -0.1) is 6.58 Å². The molecule has 9 heavy (non-hydrogen) atoms. The highest BCUT2D eigenvalue weighted by Gasteiger charge is 1.69. The fourth-order valence-electron chi connectivity index (χ4n) is 0. The van der Waals surface area contributed by atoms with Crippen LogP contribution in [0, 0.1) is 0 Å². The first-order valence-corrected chi connectivity index (χ1v) is 3.95. The van der Waals surface area contributed by atoms with Gasteiger partial charge in [0, 0.05) is 5.33 Å². The Balaban J connectivity index is 0. The van der Waals surface area contributed by atoms with Gasteiger partial charge in [0.15, 0.2) is 0 Å². The van der Waals surface area contributed by atoms with Crippen molar-refractivity contribution in [3.8, 4) is 0 Å². The number of hydrogen-bond acceptors (Lipinski definition) is 0. The molecule has 0 aliphatic carbocycles. The van der Waals surface area contributed by atoms with Gasteiger partial charge < -0.3 is 0 Å². The van der Waals surface area contributed by atoms with E-state index in [4.69, 9.17) is 0 Å². The van der Waals surface area contributed by atoms with Crippen LogP contribution in [-0.4, -0.2) is 5.33 Å². The standard InChI is InChI=1S/C4H7Br.C4H8/c1-4(2)3-5;1-4(2)3/h1,3H2,2H3;1H2,2-3H3. The van der Waals surface area contributed by atoms with Gasteiger partial charge in [-0.1, -0.05) is 33.7 Å². The van der Waals surface area contributed by atoms with E-state index in [1.807, 2.05) is 20.8 Å². The summed E-state index contributed by atoms with van der Waals surface area (Å²) in [5, 5.41) is 0.924. The molecule has 0 aliphatic rings. The molecule has 0 saturated heterocycles. The molecule has 54 valence electrons. The second kappa shape index (κ2) is 7.96. The van der Waals surface area contributed by atoms with Crippen molar-refractivity contribution in [3.05, 3.63) is 24.3 Å². The van der Waals surface area contributed by atoms with Crippen LogP contribution < -0.4 is 0 Å². The van der Waals surface area contributed by atoms with Crippen molar-refractivity contribution >= 4 is 15.9 Å². The zero-order chi connectivity index (χ0) is 7.86. The van der Waals surface area contributed by atoms with Crippen molar-refractivity contribution in [2.45, 2.75) is 20.8 Å². The predicted molar refractivity (Wildman–Crippen MR) is 49.1 cm³/mol. The smallest absolute Gasteiger partial charge is 0.0236 e. The van der Waals surface area contributed by atoms with Crippen LogP contribution in [0.25, 0.3) is 0 Å². The summed E-state index contributed by atoms with van der Waals surface area (Å²) in [6.45, 7) is 13.1. The van der Waals surface area contributed by atoms with Crippen LogP contribution in [-0.2, 0) is 0 Å². The molecular formula is C8H15Br. The lowest BCUT2D eigenvalue weighted by Crippen LogP contribution is -1.64. The minimum absolute atomic E-state index is 0.924. The minimum Gasteiger partial charge on any atom is -0.100 e. The Labute approximate surface area is 66.8 Å². The average Bonchev–Trinajstić information content (AvgIpc) is 1.65. The lowest BCUT2D eigenvalue weighted by atomic mass is 10.4. The molecule has 0 N–H and O–H groups in total. The maximum Gasteiger partial charge on any atom is 0.0236 e. The van der Waals surface area contributed by atoms with Gasteiger partial charge in [0.2, 0.25) is 0 Å². The van der Waals surface area contributed by atoms with Crippen LogP contribution in [0.4, 0.5) is 0 Å². The molecular weight excluding hydrogens is 176 g/mol. The van der Waals surface area contributed by atoms with E-state index < -0.39 is 0 Å². The van der Waals surface area contributed by atoms with Crippen LogP contribution in [0.1, 0.15) is 20.8 Å². The summed E-state index contributed by atoms with van der Waals surface area (Å²) in [7, 11) is 0. The summed E-state index contributed by atoms with van der Waals surface area (Å²) in [4.78, 5) is 0. The SMILES string of the molecule is C=C(C)C.C=C(C)CBr. The van der Waals surface area contributed by atoms with Crippen LogP contribution >= 0.6 is 15.9 Å². The van der Waals surface area contributed by atoms with Crippen molar-refractivity contribution in [3.63, 3.8) is 0 Å². The third kappa shape index (κ3) is 73.6. The third-order valence-corrected chi connectivity index (χ3v) is 1.19. The summed E-state index contributed by atoms with van der Waals surface area (Å²) >= 11 is 3.21. The predicted octanol–water partition coefficient (Wildman–Crippen LogP) is 3.54. The molecule has 0 bridgehead atoms. The maximum atomic E-state index is 3.63. The molecule has 0 radical (unpaired) electrons. The highest BCUT2D eigenvalue weighted by atomic mass is 79.9. The zero-order valence-corrected chi connectivity index (χ0v) is 8.09. The molecule has 0 spiro atoms. The molecule has 0 nitrogen and oxygen atoms in total. The normalized spacial score (nSPS) is 7.11. The summed E-state index contributed by atoms with van der Waals surface area (Å²) < 4.78 is 0. The molecule has 0 saturated carbocycles. The Kier molecular flexibility index (Phi) is 10.4. The van der Waals surface area contributed by atoms with Crippen molar-refractivity contribution < 1.29 is 0 Å². The Hall–Kier alpha value is -0.0400. The van der Waals surface area contributed by atoms with Crippen LogP contribution in [0.5, 0.6) is 0 Å². The van der Waals surface area contributed by atoms with Crippen molar-refractivity contribution in [2.75, 3.05) is 5.33 Å². The lowest BCUT2D eigenvalue weighted by Gasteiger charge is -1.77. The number of alkyl halides is 1. The number of hydrogen-bond donors (Lipinski definition) is 0. The molecule has 0 unspecified atom stereocenters. The summed E-state index contributed by atoms with van der Waals surface area (Å²) in [6.07, 6.45) is 0. The monoisotopic (exact) mass is 190 g/mol. The highest BCUT2D eigenvalue weighted by molar-refractivity contribution is 9.09. The Morgan fingerprint density at radius 1 is 1.22 bits per heavy atom. The van der Waals surface area contributed by atoms with E-state index in [1.54, 1.807) is 0 Å². The Bertz CT molecular complexity index is 88.7. The summed E-state index contributed by atoms with van der Waals surface area (Å²) in [6, 6.07) is 0. The molecule has 1 heteroatoms. The number of rotatable bonds is 1. The van der Waals surface area contributed by atoms with Gasteiger partial charge in [0.25, 0.3) is 0 Å². The van der Waals surface area contributed by atoms with Gasteiger partial charge in [0.1, 0.15) is 0 Å². The van der Waals surface area contributed by atoms with E-state index in [0.717, 1.165) is 5.33 Å². The minimum atomic E-state index is 0.924. The van der Waals surface area contributed by atoms with Crippen LogP contribution in [0.2, 0.25) is 0 Å². The van der Waals surface area contributed by atoms with E-state index >= 15 is 0 Å². The van der Waals surface area contributed by atoms with E-state index in [2.05, 4.69) is 29.1 Å². The third-order valence-electron chi connectivity index (χ3n) is 0.228. The van der Waals surface area contributed by atoms with Gasteiger partial charge >= 0.3 is 0 Å². The number of allylic oxidation sites excluding steroid dienone is 2. The topological polar surface area (TPSA) is 0 Å². The van der Waals surface area contributed by atoms with Gasteiger partial charge in [-0.05, 0) is 20.8 Å². The molecule has 0 amide bonds. The Morgan fingerprint density at radius 3 is 1.33 bits per heavy atom. The lowest BCUT2D eigenvalue weighted by molar-refractivity contribution is 1.42. The van der Waals surface area contributed by atoms with E-state index in [0.29, 0.717) is 0 Å². The fourth-order valence-corrected chi connectivity index (χ4v) is 0. The molecule has 0 aromatic heterocycles. The first kappa shape index (κ1) is 11.7. The number of halogens is 1. The van der Waals surface area contributed by atoms with E-state index in [9.17, 15) is 0 Å². The van der Waals surface area contributed by atoms with Crippen LogP contribution in [0.15, 0.2) is 24.3 Å². The van der Waals surface area contributed by atoms with Crippen molar-refractivity contribution in [2.24, 2.45) is 0 Å².